The van der Waals surface area contributed by atoms with E-state index < -0.39 is 74.5 Å². The fourth-order valence-corrected chi connectivity index (χ4v) is 4.19. The van der Waals surface area contributed by atoms with Crippen molar-refractivity contribution < 1.29 is 83.8 Å². The van der Waals surface area contributed by atoms with E-state index in [9.17, 15) is 83.8 Å². The van der Waals surface area contributed by atoms with Gasteiger partial charge >= 0.3 is 53.8 Å². The van der Waals surface area contributed by atoms with Crippen molar-refractivity contribution >= 4 is 14.1 Å². The number of nitrogens with zero attached hydrogens (tertiary/aromatic N) is 1. The number of hydrogen-bond acceptors (Lipinski definition) is 1. The monoisotopic (exact) mass is 581 g/mol. The predicted molar refractivity (Wildman–Crippen MR) is 81.5 cm³/mol. The molecular weight excluding hydrogens is 568 g/mol. The molecule has 0 fully saturated rings. The van der Waals surface area contributed by atoms with Crippen molar-refractivity contribution in [3.05, 3.63) is 0 Å². The van der Waals surface area contributed by atoms with Crippen molar-refractivity contribution in [3.8, 4) is 0 Å². The van der Waals surface area contributed by atoms with Crippen LogP contribution in [0.25, 0.3) is 0 Å². The number of hydrogen-bond donors (Lipinski definition) is 0. The lowest BCUT2D eigenvalue weighted by Gasteiger charge is -2.42. The molecule has 0 aromatic heterocycles. The molecule has 0 unspecified atom stereocenters. The van der Waals surface area contributed by atoms with Gasteiger partial charge in [-0.3, -0.25) is 4.79 Å². The highest BCUT2D eigenvalue weighted by atomic mass is 28.3. The van der Waals surface area contributed by atoms with Gasteiger partial charge in [0.05, 0.1) is 0 Å². The number of carbonyl (C=O) groups is 1. The van der Waals surface area contributed by atoms with E-state index in [1.54, 1.807) is 0 Å². The topological polar surface area (TPSA) is 20.3 Å². The number of rotatable bonds is 9. The summed E-state index contributed by atoms with van der Waals surface area (Å²) in [5.74, 6) is -50.2. The van der Waals surface area contributed by atoms with Crippen LogP contribution in [0.15, 0.2) is 0 Å². The molecule has 0 saturated heterocycles. The Morgan fingerprint density at radius 1 is 0.600 bits per heavy atom. The van der Waals surface area contributed by atoms with Gasteiger partial charge < -0.3 is 4.57 Å². The summed E-state index contributed by atoms with van der Waals surface area (Å²) in [7, 11) is -3.93. The third-order valence-electron chi connectivity index (χ3n) is 4.90. The normalized spacial score (nSPS) is 15.9. The second-order valence-corrected chi connectivity index (χ2v) is 12.5. The quantitative estimate of drug-likeness (QED) is 0.213. The SMILES string of the molecule is CN(C(=O)C(F)(F)F)[Si](C)(C)CCC(F)(F)C(F)(F)C(F)(F)C(F)(F)C(F)(F)C(F)(F)C(F)(F)F. The summed E-state index contributed by atoms with van der Waals surface area (Å²) in [4.78, 5) is 11.1. The number of carbonyl (C=O) groups excluding carboxylic acids is 1. The molecule has 2 nitrogen and oxygen atoms in total. The van der Waals surface area contributed by atoms with E-state index in [-0.39, 0.29) is 4.57 Å². The minimum atomic E-state index is -8.44. The molecule has 0 heterocycles. The first-order chi connectivity index (χ1) is 14.8. The lowest BCUT2D eigenvalue weighted by Crippen LogP contribution is -2.72. The third-order valence-corrected chi connectivity index (χ3v) is 8.39. The van der Waals surface area contributed by atoms with Crippen LogP contribution in [0.5, 0.6) is 0 Å². The van der Waals surface area contributed by atoms with Crippen LogP contribution >= 0.6 is 0 Å². The van der Waals surface area contributed by atoms with E-state index in [2.05, 4.69) is 0 Å². The largest absolute Gasteiger partial charge is 0.470 e. The smallest absolute Gasteiger partial charge is 0.365 e. The Balaban J connectivity index is 6.28. The lowest BCUT2D eigenvalue weighted by atomic mass is 9.90. The lowest BCUT2D eigenvalue weighted by molar-refractivity contribution is -0.452. The molecule has 21 heteroatoms. The number of halogens is 18. The Labute approximate surface area is 184 Å². The van der Waals surface area contributed by atoms with Crippen LogP contribution in [0.4, 0.5) is 79.0 Å². The molecule has 1 amide bonds. The summed E-state index contributed by atoms with van der Waals surface area (Å²) in [5, 5.41) is 0. The van der Waals surface area contributed by atoms with E-state index in [1.807, 2.05) is 0 Å². The maximum absolute atomic E-state index is 13.9. The maximum atomic E-state index is 13.9. The first-order valence-electron chi connectivity index (χ1n) is 8.46. The molecule has 0 rings (SSSR count). The maximum Gasteiger partial charge on any atom is 0.470 e. The molecule has 0 radical (unpaired) electrons. The summed E-state index contributed by atoms with van der Waals surface area (Å²) >= 11 is 0. The van der Waals surface area contributed by atoms with Gasteiger partial charge in [-0.1, -0.05) is 13.1 Å². The van der Waals surface area contributed by atoms with Crippen LogP contribution in [0.1, 0.15) is 6.42 Å². The van der Waals surface area contributed by atoms with Crippen LogP contribution in [0, 0.1) is 0 Å². The minimum absolute atomic E-state index is 0.258. The van der Waals surface area contributed by atoms with Crippen LogP contribution in [-0.4, -0.2) is 73.6 Å². The zero-order valence-electron chi connectivity index (χ0n) is 17.1. The summed E-state index contributed by atoms with van der Waals surface area (Å²) in [6.45, 7) is 1.21. The van der Waals surface area contributed by atoms with Gasteiger partial charge in [0.2, 0.25) is 0 Å². The van der Waals surface area contributed by atoms with Gasteiger partial charge in [0.1, 0.15) is 0 Å². The molecule has 35 heavy (non-hydrogen) atoms. The highest BCUT2D eigenvalue weighted by Gasteiger charge is 2.93. The number of alkyl halides is 18. The molecule has 0 bridgehead atoms. The minimum Gasteiger partial charge on any atom is -0.365 e. The van der Waals surface area contributed by atoms with Gasteiger partial charge in [0.15, 0.2) is 8.24 Å². The standard InChI is InChI=1S/C14H13F18NOSi/c1-33(6(34)8(17,18)19)35(2,3)5-4-7(15,16)9(20,21)10(22,23)11(24,25)12(26,27)13(28,29)14(30,31)32/h4-5H2,1-3H3. The Hall–Kier alpha value is -1.57. The third kappa shape index (κ3) is 5.28. The van der Waals surface area contributed by atoms with Crippen molar-refractivity contribution in [1.29, 1.82) is 0 Å². The van der Waals surface area contributed by atoms with Crippen molar-refractivity contribution in [2.45, 2.75) is 73.4 Å². The Morgan fingerprint density at radius 2 is 0.914 bits per heavy atom. The second kappa shape index (κ2) is 8.77. The fraction of sp³-hybridized carbons (Fsp3) is 0.929. The van der Waals surface area contributed by atoms with Gasteiger partial charge in [-0.05, 0) is 6.04 Å². The molecule has 0 aromatic rings. The highest BCUT2D eigenvalue weighted by molar-refractivity contribution is 6.76. The van der Waals surface area contributed by atoms with Gasteiger partial charge in [-0.15, -0.1) is 0 Å². The molecule has 0 atom stereocenters. The van der Waals surface area contributed by atoms with Crippen molar-refractivity contribution in [2.24, 2.45) is 0 Å². The zero-order valence-corrected chi connectivity index (χ0v) is 18.1. The van der Waals surface area contributed by atoms with Gasteiger partial charge in [-0.2, -0.15) is 79.0 Å². The van der Waals surface area contributed by atoms with E-state index in [4.69, 9.17) is 0 Å². The summed E-state index contributed by atoms with van der Waals surface area (Å²) in [5.41, 5.74) is 0. The Kier molecular flexibility index (Phi) is 8.38. The second-order valence-electron chi connectivity index (χ2n) is 7.75. The zero-order chi connectivity index (χ0) is 29.1. The average Bonchev–Trinajstić information content (AvgIpc) is 2.62. The van der Waals surface area contributed by atoms with Crippen LogP contribution in [-0.2, 0) is 4.79 Å². The van der Waals surface area contributed by atoms with E-state index in [1.165, 1.54) is 0 Å². The summed E-state index contributed by atoms with van der Waals surface area (Å²) in [6, 6.07) is -1.70. The van der Waals surface area contributed by atoms with Gasteiger partial charge in [0.25, 0.3) is 0 Å². The first-order valence-corrected chi connectivity index (χ1v) is 11.6. The van der Waals surface area contributed by atoms with Crippen LogP contribution in [0.3, 0.4) is 0 Å². The van der Waals surface area contributed by atoms with Crippen molar-refractivity contribution in [1.82, 2.24) is 4.57 Å². The molecule has 0 aliphatic carbocycles. The molecule has 0 aliphatic heterocycles. The van der Waals surface area contributed by atoms with Crippen LogP contribution in [0.2, 0.25) is 19.1 Å². The number of amides is 1. The molecule has 0 aliphatic rings. The van der Waals surface area contributed by atoms with E-state index in [0.29, 0.717) is 20.1 Å². The predicted octanol–water partition coefficient (Wildman–Crippen LogP) is 6.98. The van der Waals surface area contributed by atoms with E-state index >= 15 is 0 Å². The van der Waals surface area contributed by atoms with E-state index in [0.717, 1.165) is 0 Å². The molecule has 0 spiro atoms. The average molecular weight is 581 g/mol. The highest BCUT2D eigenvalue weighted by Crippen LogP contribution is 2.62. The van der Waals surface area contributed by atoms with Gasteiger partial charge in [0, 0.05) is 13.5 Å². The molecule has 0 saturated carbocycles. The molecule has 210 valence electrons. The molecule has 0 N–H and O–H groups in total. The molecular formula is C14H13F18NOSi. The Morgan fingerprint density at radius 3 is 1.23 bits per heavy atom. The van der Waals surface area contributed by atoms with Crippen molar-refractivity contribution in [2.75, 3.05) is 7.05 Å². The molecule has 0 aromatic carbocycles. The van der Waals surface area contributed by atoms with Crippen molar-refractivity contribution in [3.63, 3.8) is 0 Å². The first kappa shape index (κ1) is 33.4. The Bertz CT molecular complexity index is 783. The van der Waals surface area contributed by atoms with Gasteiger partial charge in [-0.25, -0.2) is 0 Å². The summed E-state index contributed by atoms with van der Waals surface area (Å²) < 4.78 is 234. The summed E-state index contributed by atoms with van der Waals surface area (Å²) in [6.07, 6.45) is -16.1. The fourth-order valence-electron chi connectivity index (χ4n) is 2.25. The van der Waals surface area contributed by atoms with Crippen LogP contribution < -0.4 is 0 Å².